The molecule has 4 aromatic carbocycles. The second-order valence-corrected chi connectivity index (χ2v) is 11.4. The zero-order valence-corrected chi connectivity index (χ0v) is 32.6. The first-order chi connectivity index (χ1) is 23.1. The third-order valence-corrected chi connectivity index (χ3v) is 7.39. The normalized spacial score (nSPS) is 10.4. The molecule has 2 aromatic heterocycles. The molecule has 0 aliphatic carbocycles. The van der Waals surface area contributed by atoms with Crippen LogP contribution in [0.5, 0.6) is 23.3 Å². The van der Waals surface area contributed by atoms with E-state index >= 15 is 0 Å². The number of nitrogens with one attached hydrogen (secondary N) is 2. The molecule has 50 heavy (non-hydrogen) atoms. The van der Waals surface area contributed by atoms with Crippen molar-refractivity contribution < 1.29 is 88.4 Å². The number of nitrogens with zero attached hydrogens (tertiary/aromatic N) is 4. The second-order valence-electron chi connectivity index (χ2n) is 11.4. The molecule has 6 rings (SSSR count). The molecule has 0 bridgehead atoms. The Hall–Kier alpha value is -4.30. The molecule has 0 unspecified atom stereocenters. The summed E-state index contributed by atoms with van der Waals surface area (Å²) in [7, 11) is 0. The number of hydrogen-bond acceptors (Lipinski definition) is 10. The predicted molar refractivity (Wildman–Crippen MR) is 174 cm³/mol. The molecular weight excluding hydrogens is 658 g/mol. The molecule has 0 saturated carbocycles. The molecule has 0 radical (unpaired) electrons. The van der Waals surface area contributed by atoms with E-state index in [0.29, 0.717) is 23.3 Å². The topological polar surface area (TPSA) is 182 Å². The van der Waals surface area contributed by atoms with Gasteiger partial charge in [-0.1, -0.05) is 111 Å². The van der Waals surface area contributed by atoms with Crippen LogP contribution in [-0.2, 0) is 0 Å². The van der Waals surface area contributed by atoms with Crippen molar-refractivity contribution in [3.63, 3.8) is 0 Å². The van der Waals surface area contributed by atoms with Gasteiger partial charge in [-0.15, -0.1) is 10.2 Å². The van der Waals surface area contributed by atoms with Gasteiger partial charge in [0, 0.05) is 0 Å². The SMILES string of the molecule is CC(C)c1ccc(-c2ccc(Oc3[nH]nnc3C(=O)[O-])cc2)cc1.CC(C)c1ccc(-c2ccc(Oc3[nH]nnc3C(=O)[O-])cc2)cc1.[Na+].[Na+]. The monoisotopic (exact) mass is 690 g/mol. The molecule has 0 fully saturated rings. The number of carboxylic acids is 2. The summed E-state index contributed by atoms with van der Waals surface area (Å²) in [5.74, 6) is -1.04. The number of carboxylic acid groups (broad SMARTS) is 2. The molecule has 0 aliphatic heterocycles. The summed E-state index contributed by atoms with van der Waals surface area (Å²) in [6, 6.07) is 31.4. The number of carbonyl (C=O) groups is 2. The third kappa shape index (κ3) is 10.4. The number of hydrogen-bond donors (Lipinski definition) is 2. The Morgan fingerprint density at radius 2 is 0.800 bits per heavy atom. The zero-order valence-electron chi connectivity index (χ0n) is 28.6. The molecule has 244 valence electrons. The van der Waals surface area contributed by atoms with Crippen molar-refractivity contribution >= 4 is 11.9 Å². The Morgan fingerprint density at radius 1 is 0.520 bits per heavy atom. The number of rotatable bonds is 10. The molecule has 0 spiro atoms. The molecular formula is C36H32N6Na2O6. The average molecular weight is 691 g/mol. The van der Waals surface area contributed by atoms with Crippen molar-refractivity contribution in [2.75, 3.05) is 0 Å². The van der Waals surface area contributed by atoms with E-state index in [0.717, 1.165) is 22.3 Å². The maximum Gasteiger partial charge on any atom is 1.00 e. The molecule has 0 aliphatic rings. The maximum absolute atomic E-state index is 10.9. The summed E-state index contributed by atoms with van der Waals surface area (Å²) in [6.07, 6.45) is 0. The number of ether oxygens (including phenoxy) is 2. The minimum absolute atomic E-state index is 0. The maximum atomic E-state index is 10.9. The van der Waals surface area contributed by atoms with E-state index in [1.54, 1.807) is 24.3 Å². The molecule has 0 amide bonds. The van der Waals surface area contributed by atoms with Crippen LogP contribution in [0.2, 0.25) is 0 Å². The number of aromatic nitrogens is 6. The van der Waals surface area contributed by atoms with Gasteiger partial charge in [0.05, 0.1) is 11.9 Å². The minimum atomic E-state index is -1.44. The van der Waals surface area contributed by atoms with Gasteiger partial charge in [-0.05, 0) is 69.5 Å². The molecule has 14 heteroatoms. The molecule has 6 aromatic rings. The third-order valence-electron chi connectivity index (χ3n) is 7.39. The first-order valence-corrected chi connectivity index (χ1v) is 15.1. The van der Waals surface area contributed by atoms with E-state index in [1.807, 2.05) is 24.3 Å². The fourth-order valence-corrected chi connectivity index (χ4v) is 4.63. The predicted octanol–water partition coefficient (Wildman–Crippen LogP) is -0.490. The summed E-state index contributed by atoms with van der Waals surface area (Å²) in [5.41, 5.74) is 6.16. The van der Waals surface area contributed by atoms with Crippen molar-refractivity contribution in [3.8, 4) is 45.5 Å². The van der Waals surface area contributed by atoms with Crippen LogP contribution in [0, 0.1) is 0 Å². The molecule has 12 nitrogen and oxygen atoms in total. The summed E-state index contributed by atoms with van der Waals surface area (Å²) in [6.45, 7) is 8.64. The van der Waals surface area contributed by atoms with Gasteiger partial charge in [-0.3, -0.25) is 0 Å². The Kier molecular flexibility index (Phi) is 14.9. The minimum Gasteiger partial charge on any atom is -0.543 e. The second kappa shape index (κ2) is 18.6. The number of benzene rings is 4. The van der Waals surface area contributed by atoms with Gasteiger partial charge in [0.25, 0.3) is 0 Å². The van der Waals surface area contributed by atoms with Gasteiger partial charge in [0.15, 0.2) is 11.4 Å². The van der Waals surface area contributed by atoms with Crippen molar-refractivity contribution in [1.82, 2.24) is 30.8 Å². The van der Waals surface area contributed by atoms with Crippen LogP contribution in [0.15, 0.2) is 97.1 Å². The Bertz CT molecular complexity index is 1830. The van der Waals surface area contributed by atoms with Crippen molar-refractivity contribution in [3.05, 3.63) is 120 Å². The van der Waals surface area contributed by atoms with Crippen LogP contribution < -0.4 is 78.8 Å². The summed E-state index contributed by atoms with van der Waals surface area (Å²) >= 11 is 0. The number of H-pyrrole nitrogens is 2. The number of carbonyl (C=O) groups excluding carboxylic acids is 2. The molecule has 2 N–H and O–H groups in total. The first-order valence-electron chi connectivity index (χ1n) is 15.1. The van der Waals surface area contributed by atoms with Gasteiger partial charge >= 0.3 is 59.1 Å². The summed E-state index contributed by atoms with van der Waals surface area (Å²) in [5, 5.41) is 40.2. The van der Waals surface area contributed by atoms with Crippen molar-refractivity contribution in [1.29, 1.82) is 0 Å². The summed E-state index contributed by atoms with van der Waals surface area (Å²) in [4.78, 5) is 21.7. The Balaban J connectivity index is 0.000000260. The number of aromatic carboxylic acids is 2. The van der Waals surface area contributed by atoms with E-state index in [1.165, 1.54) is 11.1 Å². The van der Waals surface area contributed by atoms with E-state index in [-0.39, 0.29) is 82.3 Å². The van der Waals surface area contributed by atoms with Crippen LogP contribution in [0.4, 0.5) is 0 Å². The first kappa shape index (κ1) is 40.1. The van der Waals surface area contributed by atoms with Crippen molar-refractivity contribution in [2.24, 2.45) is 0 Å². The van der Waals surface area contributed by atoms with E-state index in [2.05, 4.69) is 107 Å². The molecule has 2 heterocycles. The number of aromatic amines is 2. The molecule has 0 atom stereocenters. The fraction of sp³-hybridized carbons (Fsp3) is 0.167. The van der Waals surface area contributed by atoms with E-state index < -0.39 is 11.9 Å². The largest absolute Gasteiger partial charge is 1.00 e. The van der Waals surface area contributed by atoms with Gasteiger partial charge in [-0.25, -0.2) is 10.2 Å². The fourth-order valence-electron chi connectivity index (χ4n) is 4.63. The van der Waals surface area contributed by atoms with Crippen LogP contribution in [0.3, 0.4) is 0 Å². The van der Waals surface area contributed by atoms with E-state index in [9.17, 15) is 19.8 Å². The Labute approximate surface area is 333 Å². The van der Waals surface area contributed by atoms with Crippen LogP contribution in [0.25, 0.3) is 22.3 Å². The van der Waals surface area contributed by atoms with Crippen LogP contribution >= 0.6 is 0 Å². The average Bonchev–Trinajstić information content (AvgIpc) is 3.76. The van der Waals surface area contributed by atoms with Gasteiger partial charge < -0.3 is 29.3 Å². The van der Waals surface area contributed by atoms with Crippen LogP contribution in [-0.4, -0.2) is 42.8 Å². The standard InChI is InChI=1S/2C18H17N3O3.2Na/c2*1-11(2)12-3-5-13(6-4-12)14-7-9-15(10-8-14)24-17-16(18(22)23)19-21-20-17;;/h2*3-11H,1-2H3,(H,22,23)(H,19,20,21);;/q;;2*+1/p-2. The van der Waals surface area contributed by atoms with Crippen molar-refractivity contribution in [2.45, 2.75) is 39.5 Å². The van der Waals surface area contributed by atoms with Crippen LogP contribution in [0.1, 0.15) is 71.6 Å². The Morgan fingerprint density at radius 3 is 1.06 bits per heavy atom. The summed E-state index contributed by atoms with van der Waals surface area (Å²) < 4.78 is 10.9. The quantitative estimate of drug-likeness (QED) is 0.178. The smallest absolute Gasteiger partial charge is 0.543 e. The van der Waals surface area contributed by atoms with Gasteiger partial charge in [0.2, 0.25) is 11.8 Å². The molecule has 0 saturated heterocycles. The van der Waals surface area contributed by atoms with Gasteiger partial charge in [-0.2, -0.15) is 0 Å². The van der Waals surface area contributed by atoms with Gasteiger partial charge in [0.1, 0.15) is 11.5 Å². The zero-order chi connectivity index (χ0) is 34.2. The van der Waals surface area contributed by atoms with E-state index in [4.69, 9.17) is 9.47 Å².